The average molecular weight is 307 g/mol. The largest absolute Gasteiger partial charge is 0.349 e. The van der Waals surface area contributed by atoms with Crippen LogP contribution in [0.25, 0.3) is 11.0 Å². The monoisotopic (exact) mass is 307 g/mol. The molecule has 0 atom stereocenters. The van der Waals surface area contributed by atoms with Crippen LogP contribution in [0.1, 0.15) is 30.3 Å². The Bertz CT molecular complexity index is 836. The van der Waals surface area contributed by atoms with Gasteiger partial charge >= 0.3 is 0 Å². The van der Waals surface area contributed by atoms with Crippen molar-refractivity contribution in [3.05, 3.63) is 65.5 Å². The van der Waals surface area contributed by atoms with Crippen molar-refractivity contribution in [2.45, 2.75) is 33.4 Å². The molecule has 0 radical (unpaired) electrons. The topological polar surface area (TPSA) is 46.9 Å². The van der Waals surface area contributed by atoms with Crippen molar-refractivity contribution >= 4 is 16.9 Å². The molecule has 118 valence electrons. The quantitative estimate of drug-likeness (QED) is 0.785. The third-order valence-electron chi connectivity index (χ3n) is 3.92. The molecule has 0 aliphatic carbocycles. The predicted molar refractivity (Wildman–Crippen MR) is 92.2 cm³/mol. The van der Waals surface area contributed by atoms with Crippen molar-refractivity contribution in [2.75, 3.05) is 0 Å². The second kappa shape index (κ2) is 6.65. The molecule has 0 aliphatic heterocycles. The van der Waals surface area contributed by atoms with E-state index in [0.29, 0.717) is 13.0 Å². The number of para-hydroxylation sites is 2. The Morgan fingerprint density at radius 2 is 2.00 bits per heavy atom. The van der Waals surface area contributed by atoms with Crippen molar-refractivity contribution in [1.82, 2.24) is 14.9 Å². The highest BCUT2D eigenvalue weighted by molar-refractivity contribution is 5.77. The number of amides is 1. The Kier molecular flexibility index (Phi) is 4.42. The van der Waals surface area contributed by atoms with Crippen LogP contribution in [0, 0.1) is 6.92 Å². The molecule has 0 bridgehead atoms. The van der Waals surface area contributed by atoms with Gasteiger partial charge in [-0.1, -0.05) is 48.9 Å². The molecule has 1 aromatic heterocycles. The van der Waals surface area contributed by atoms with Crippen LogP contribution in [-0.4, -0.2) is 15.5 Å². The molecular formula is C19H21N3O. The highest BCUT2D eigenvalue weighted by Gasteiger charge is 2.11. The van der Waals surface area contributed by atoms with Gasteiger partial charge in [0.2, 0.25) is 5.91 Å². The average Bonchev–Trinajstić information content (AvgIpc) is 2.90. The van der Waals surface area contributed by atoms with Gasteiger partial charge in [-0.2, -0.15) is 0 Å². The molecule has 3 aromatic rings. The molecule has 2 aromatic carbocycles. The minimum Gasteiger partial charge on any atom is -0.349 e. The maximum Gasteiger partial charge on any atom is 0.220 e. The highest BCUT2D eigenvalue weighted by atomic mass is 16.1. The minimum absolute atomic E-state index is 0.0409. The summed E-state index contributed by atoms with van der Waals surface area (Å²) in [7, 11) is 0. The van der Waals surface area contributed by atoms with E-state index in [-0.39, 0.29) is 5.91 Å². The van der Waals surface area contributed by atoms with Crippen molar-refractivity contribution in [1.29, 1.82) is 0 Å². The molecule has 0 aliphatic rings. The van der Waals surface area contributed by atoms with Crippen LogP contribution in [-0.2, 0) is 17.9 Å². The molecule has 4 heteroatoms. The third-order valence-corrected chi connectivity index (χ3v) is 3.92. The van der Waals surface area contributed by atoms with Gasteiger partial charge < -0.3 is 9.88 Å². The van der Waals surface area contributed by atoms with Gasteiger partial charge in [-0.3, -0.25) is 4.79 Å². The number of carbonyl (C=O) groups excluding carboxylic acids is 1. The lowest BCUT2D eigenvalue weighted by Gasteiger charge is -2.10. The molecule has 0 saturated heterocycles. The lowest BCUT2D eigenvalue weighted by molar-refractivity contribution is -0.120. The highest BCUT2D eigenvalue weighted by Crippen LogP contribution is 2.18. The van der Waals surface area contributed by atoms with Crippen LogP contribution in [0.3, 0.4) is 0 Å². The summed E-state index contributed by atoms with van der Waals surface area (Å²) in [5, 5.41) is 2.92. The van der Waals surface area contributed by atoms with Gasteiger partial charge in [0.25, 0.3) is 0 Å². The smallest absolute Gasteiger partial charge is 0.220 e. The van der Waals surface area contributed by atoms with E-state index in [1.54, 1.807) is 0 Å². The molecule has 1 heterocycles. The van der Waals surface area contributed by atoms with Gasteiger partial charge in [0, 0.05) is 13.0 Å². The van der Waals surface area contributed by atoms with E-state index in [9.17, 15) is 4.79 Å². The normalized spacial score (nSPS) is 10.9. The van der Waals surface area contributed by atoms with Crippen LogP contribution in [0.5, 0.6) is 0 Å². The van der Waals surface area contributed by atoms with Crippen molar-refractivity contribution in [3.8, 4) is 0 Å². The number of hydrogen-bond donors (Lipinski definition) is 1. The summed E-state index contributed by atoms with van der Waals surface area (Å²) in [5.74, 6) is 0.925. The first kappa shape index (κ1) is 15.3. The molecule has 3 rings (SSSR count). The SMILES string of the molecule is CCC(=O)NCc1nc2ccccc2n1Cc1cccc(C)c1. The first-order valence-corrected chi connectivity index (χ1v) is 7.93. The second-order valence-corrected chi connectivity index (χ2v) is 5.72. The van der Waals surface area contributed by atoms with Gasteiger partial charge in [0.15, 0.2) is 0 Å². The number of nitrogens with one attached hydrogen (secondary N) is 1. The molecule has 0 saturated carbocycles. The Labute approximate surface area is 136 Å². The Morgan fingerprint density at radius 3 is 2.78 bits per heavy atom. The summed E-state index contributed by atoms with van der Waals surface area (Å²) in [6.45, 7) is 5.15. The van der Waals surface area contributed by atoms with Gasteiger partial charge in [-0.25, -0.2) is 4.98 Å². The predicted octanol–water partition coefficient (Wildman–Crippen LogP) is 3.42. The lowest BCUT2D eigenvalue weighted by atomic mass is 10.1. The number of carbonyl (C=O) groups is 1. The van der Waals surface area contributed by atoms with E-state index >= 15 is 0 Å². The number of benzene rings is 2. The molecule has 1 N–H and O–H groups in total. The fourth-order valence-electron chi connectivity index (χ4n) is 2.73. The fourth-order valence-corrected chi connectivity index (χ4v) is 2.73. The van der Waals surface area contributed by atoms with Gasteiger partial charge in [-0.15, -0.1) is 0 Å². The first-order chi connectivity index (χ1) is 11.2. The van der Waals surface area contributed by atoms with Gasteiger partial charge in [-0.05, 0) is 24.6 Å². The van der Waals surface area contributed by atoms with Crippen molar-refractivity contribution < 1.29 is 4.79 Å². The summed E-state index contributed by atoms with van der Waals surface area (Å²) in [6, 6.07) is 16.6. The van der Waals surface area contributed by atoms with Crippen LogP contribution in [0.15, 0.2) is 48.5 Å². The molecule has 0 spiro atoms. The summed E-state index contributed by atoms with van der Waals surface area (Å²) in [4.78, 5) is 16.3. The maximum absolute atomic E-state index is 11.6. The number of fused-ring (bicyclic) bond motifs is 1. The standard InChI is InChI=1S/C19H21N3O/c1-3-19(23)20-12-18-21-16-9-4-5-10-17(16)22(18)13-15-8-6-7-14(2)11-15/h4-11H,3,12-13H2,1-2H3,(H,20,23). The molecular weight excluding hydrogens is 286 g/mol. The van der Waals surface area contributed by atoms with E-state index in [1.807, 2.05) is 25.1 Å². The lowest BCUT2D eigenvalue weighted by Crippen LogP contribution is -2.23. The van der Waals surface area contributed by atoms with Crippen molar-refractivity contribution in [2.24, 2.45) is 0 Å². The van der Waals surface area contributed by atoms with E-state index in [4.69, 9.17) is 0 Å². The Hall–Kier alpha value is -2.62. The van der Waals surface area contributed by atoms with Gasteiger partial charge in [0.05, 0.1) is 17.6 Å². The molecule has 4 nitrogen and oxygen atoms in total. The Morgan fingerprint density at radius 1 is 1.17 bits per heavy atom. The Balaban J connectivity index is 1.97. The zero-order chi connectivity index (χ0) is 16.2. The van der Waals surface area contributed by atoms with Crippen molar-refractivity contribution in [3.63, 3.8) is 0 Å². The van der Waals surface area contributed by atoms with E-state index < -0.39 is 0 Å². The van der Waals surface area contributed by atoms with Crippen LogP contribution in [0.4, 0.5) is 0 Å². The number of nitrogens with zero attached hydrogens (tertiary/aromatic N) is 2. The van der Waals surface area contributed by atoms with Crippen LogP contribution < -0.4 is 5.32 Å². The van der Waals surface area contributed by atoms with Crippen LogP contribution >= 0.6 is 0 Å². The number of aromatic nitrogens is 2. The van der Waals surface area contributed by atoms with Crippen LogP contribution in [0.2, 0.25) is 0 Å². The zero-order valence-electron chi connectivity index (χ0n) is 13.5. The third kappa shape index (κ3) is 3.42. The molecule has 0 fully saturated rings. The second-order valence-electron chi connectivity index (χ2n) is 5.72. The van der Waals surface area contributed by atoms with E-state index in [2.05, 4.69) is 52.1 Å². The fraction of sp³-hybridized carbons (Fsp3) is 0.263. The van der Waals surface area contributed by atoms with E-state index in [1.165, 1.54) is 11.1 Å². The van der Waals surface area contributed by atoms with Gasteiger partial charge in [0.1, 0.15) is 5.82 Å². The number of rotatable bonds is 5. The molecule has 1 amide bonds. The summed E-state index contributed by atoms with van der Waals surface area (Å²) in [5.41, 5.74) is 4.53. The first-order valence-electron chi connectivity index (χ1n) is 7.93. The number of imidazole rings is 1. The van der Waals surface area contributed by atoms with E-state index in [0.717, 1.165) is 23.4 Å². The number of aryl methyl sites for hydroxylation is 1. The summed E-state index contributed by atoms with van der Waals surface area (Å²) >= 11 is 0. The summed E-state index contributed by atoms with van der Waals surface area (Å²) in [6.07, 6.45) is 0.484. The maximum atomic E-state index is 11.6. The summed E-state index contributed by atoms with van der Waals surface area (Å²) < 4.78 is 2.18. The number of hydrogen-bond acceptors (Lipinski definition) is 2. The molecule has 23 heavy (non-hydrogen) atoms. The zero-order valence-corrected chi connectivity index (χ0v) is 13.5. The molecule has 0 unspecified atom stereocenters. The minimum atomic E-state index is 0.0409.